The topological polar surface area (TPSA) is 23.5 Å². The fourth-order valence-corrected chi connectivity index (χ4v) is 3.70. The SMILES string of the molecule is CCCCCN1CC(c2cc(Br)ccc2O)c2ccccc21. The van der Waals surface area contributed by atoms with E-state index >= 15 is 0 Å². The Hall–Kier alpha value is -1.48. The minimum Gasteiger partial charge on any atom is -0.508 e. The number of rotatable bonds is 5. The second-order valence-corrected chi connectivity index (χ2v) is 6.88. The Morgan fingerprint density at radius 1 is 1.14 bits per heavy atom. The summed E-state index contributed by atoms with van der Waals surface area (Å²) >= 11 is 3.53. The summed E-state index contributed by atoms with van der Waals surface area (Å²) in [5.74, 6) is 0.633. The molecule has 0 bridgehead atoms. The van der Waals surface area contributed by atoms with E-state index in [0.29, 0.717) is 5.75 Å². The maximum Gasteiger partial charge on any atom is 0.119 e. The molecule has 22 heavy (non-hydrogen) atoms. The van der Waals surface area contributed by atoms with E-state index in [1.165, 1.54) is 30.5 Å². The first-order valence-electron chi connectivity index (χ1n) is 8.03. The first-order valence-corrected chi connectivity index (χ1v) is 8.82. The van der Waals surface area contributed by atoms with Crippen LogP contribution in [0.3, 0.4) is 0 Å². The summed E-state index contributed by atoms with van der Waals surface area (Å²) in [6.45, 7) is 4.28. The maximum absolute atomic E-state index is 10.3. The largest absolute Gasteiger partial charge is 0.508 e. The Morgan fingerprint density at radius 3 is 2.77 bits per heavy atom. The molecule has 0 saturated carbocycles. The van der Waals surface area contributed by atoms with Crippen LogP contribution in [0.15, 0.2) is 46.9 Å². The summed E-state index contributed by atoms with van der Waals surface area (Å²) in [7, 11) is 0. The van der Waals surface area contributed by atoms with E-state index in [9.17, 15) is 5.11 Å². The average molecular weight is 360 g/mol. The zero-order chi connectivity index (χ0) is 15.5. The fourth-order valence-electron chi connectivity index (χ4n) is 3.32. The molecule has 0 aliphatic carbocycles. The van der Waals surface area contributed by atoms with Crippen LogP contribution in [0.5, 0.6) is 5.75 Å². The highest BCUT2D eigenvalue weighted by atomic mass is 79.9. The fraction of sp³-hybridized carbons (Fsp3) is 0.368. The van der Waals surface area contributed by atoms with Crippen molar-refractivity contribution < 1.29 is 5.11 Å². The molecule has 3 rings (SSSR count). The quantitative estimate of drug-likeness (QED) is 0.732. The van der Waals surface area contributed by atoms with Crippen molar-refractivity contribution in [2.24, 2.45) is 0 Å². The molecule has 116 valence electrons. The summed E-state index contributed by atoms with van der Waals surface area (Å²) in [5.41, 5.74) is 3.66. The monoisotopic (exact) mass is 359 g/mol. The molecule has 3 heteroatoms. The number of benzene rings is 2. The summed E-state index contributed by atoms with van der Waals surface area (Å²) in [5, 5.41) is 10.3. The highest BCUT2D eigenvalue weighted by molar-refractivity contribution is 9.10. The molecule has 0 saturated heterocycles. The van der Waals surface area contributed by atoms with Gasteiger partial charge in [0.25, 0.3) is 0 Å². The van der Waals surface area contributed by atoms with Crippen molar-refractivity contribution in [3.63, 3.8) is 0 Å². The van der Waals surface area contributed by atoms with E-state index in [4.69, 9.17) is 0 Å². The highest BCUT2D eigenvalue weighted by Crippen LogP contribution is 2.43. The minimum absolute atomic E-state index is 0.246. The van der Waals surface area contributed by atoms with Crippen molar-refractivity contribution in [3.8, 4) is 5.75 Å². The van der Waals surface area contributed by atoms with Gasteiger partial charge in [0.05, 0.1) is 0 Å². The predicted molar refractivity (Wildman–Crippen MR) is 95.8 cm³/mol. The molecule has 0 radical (unpaired) electrons. The van der Waals surface area contributed by atoms with Crippen molar-refractivity contribution in [1.82, 2.24) is 0 Å². The average Bonchev–Trinajstić information content (AvgIpc) is 2.89. The second-order valence-electron chi connectivity index (χ2n) is 5.97. The van der Waals surface area contributed by atoms with E-state index in [1.807, 2.05) is 12.1 Å². The number of unbranched alkanes of at least 4 members (excludes halogenated alkanes) is 2. The third-order valence-electron chi connectivity index (χ3n) is 4.45. The number of hydrogen-bond acceptors (Lipinski definition) is 2. The van der Waals surface area contributed by atoms with Crippen LogP contribution in [0.1, 0.15) is 43.2 Å². The Bertz CT molecular complexity index is 656. The van der Waals surface area contributed by atoms with Gasteiger partial charge in [-0.25, -0.2) is 0 Å². The van der Waals surface area contributed by atoms with Gasteiger partial charge < -0.3 is 10.0 Å². The number of nitrogens with zero attached hydrogens (tertiary/aromatic N) is 1. The number of halogens is 1. The molecule has 0 amide bonds. The molecule has 1 unspecified atom stereocenters. The van der Waals surface area contributed by atoms with Crippen molar-refractivity contribution in [3.05, 3.63) is 58.1 Å². The smallest absolute Gasteiger partial charge is 0.119 e. The number of aromatic hydroxyl groups is 1. The molecule has 1 heterocycles. The van der Waals surface area contributed by atoms with Crippen molar-refractivity contribution >= 4 is 21.6 Å². The number of phenols is 1. The molecule has 0 aromatic heterocycles. The third kappa shape index (κ3) is 3.00. The number of phenolic OH excluding ortho intramolecular Hbond substituents is 1. The molecule has 1 aliphatic rings. The van der Waals surface area contributed by atoms with Crippen LogP contribution in [0.2, 0.25) is 0 Å². The zero-order valence-corrected chi connectivity index (χ0v) is 14.5. The van der Waals surface area contributed by atoms with E-state index in [-0.39, 0.29) is 5.92 Å². The molecule has 2 aromatic rings. The lowest BCUT2D eigenvalue weighted by atomic mass is 9.92. The summed E-state index contributed by atoms with van der Waals surface area (Å²) in [6.07, 6.45) is 3.73. The number of anilines is 1. The van der Waals surface area contributed by atoms with Crippen LogP contribution < -0.4 is 4.90 Å². The lowest BCUT2D eigenvalue weighted by molar-refractivity contribution is 0.465. The van der Waals surface area contributed by atoms with Crippen molar-refractivity contribution in [2.75, 3.05) is 18.0 Å². The van der Waals surface area contributed by atoms with Crippen LogP contribution >= 0.6 is 15.9 Å². The van der Waals surface area contributed by atoms with Crippen LogP contribution in [0, 0.1) is 0 Å². The Balaban J connectivity index is 1.92. The number of para-hydroxylation sites is 1. The Morgan fingerprint density at radius 2 is 1.95 bits per heavy atom. The molecule has 2 nitrogen and oxygen atoms in total. The minimum atomic E-state index is 0.246. The molecular weight excluding hydrogens is 338 g/mol. The van der Waals surface area contributed by atoms with Gasteiger partial charge in [0, 0.05) is 34.7 Å². The van der Waals surface area contributed by atoms with Crippen LogP contribution in [-0.4, -0.2) is 18.2 Å². The van der Waals surface area contributed by atoms with Gasteiger partial charge in [0.2, 0.25) is 0 Å². The highest BCUT2D eigenvalue weighted by Gasteiger charge is 2.30. The van der Waals surface area contributed by atoms with Crippen molar-refractivity contribution in [2.45, 2.75) is 32.1 Å². The van der Waals surface area contributed by atoms with Gasteiger partial charge >= 0.3 is 0 Å². The third-order valence-corrected chi connectivity index (χ3v) is 4.95. The van der Waals surface area contributed by atoms with Gasteiger partial charge in [-0.2, -0.15) is 0 Å². The molecule has 2 aromatic carbocycles. The van der Waals surface area contributed by atoms with Gasteiger partial charge in [-0.3, -0.25) is 0 Å². The maximum atomic E-state index is 10.3. The first kappa shape index (κ1) is 15.4. The van der Waals surface area contributed by atoms with E-state index in [2.05, 4.69) is 52.0 Å². The summed E-state index contributed by atoms with van der Waals surface area (Å²) in [4.78, 5) is 2.47. The van der Waals surface area contributed by atoms with E-state index < -0.39 is 0 Å². The summed E-state index contributed by atoms with van der Waals surface area (Å²) in [6, 6.07) is 14.3. The van der Waals surface area contributed by atoms with Gasteiger partial charge in [-0.1, -0.05) is 53.9 Å². The van der Waals surface area contributed by atoms with Crippen LogP contribution in [-0.2, 0) is 0 Å². The van der Waals surface area contributed by atoms with Gasteiger partial charge in [-0.15, -0.1) is 0 Å². The first-order chi connectivity index (χ1) is 10.7. The Kier molecular flexibility index (Phi) is 4.72. The lowest BCUT2D eigenvalue weighted by Crippen LogP contribution is -2.23. The molecule has 1 aliphatic heterocycles. The molecule has 1 atom stereocenters. The van der Waals surface area contributed by atoms with Gasteiger partial charge in [0.1, 0.15) is 5.75 Å². The predicted octanol–water partition coefficient (Wildman–Crippen LogP) is 5.30. The molecular formula is C19H22BrNO. The van der Waals surface area contributed by atoms with Gasteiger partial charge in [-0.05, 0) is 36.2 Å². The van der Waals surface area contributed by atoms with Gasteiger partial charge in [0.15, 0.2) is 0 Å². The molecule has 1 N–H and O–H groups in total. The molecule has 0 fully saturated rings. The van der Waals surface area contributed by atoms with E-state index in [0.717, 1.165) is 23.1 Å². The lowest BCUT2D eigenvalue weighted by Gasteiger charge is -2.20. The van der Waals surface area contributed by atoms with Crippen LogP contribution in [0.4, 0.5) is 5.69 Å². The Labute approximate surface area is 140 Å². The van der Waals surface area contributed by atoms with Crippen LogP contribution in [0.25, 0.3) is 0 Å². The number of hydrogen-bond donors (Lipinski definition) is 1. The second kappa shape index (κ2) is 6.74. The normalized spacial score (nSPS) is 16.8. The van der Waals surface area contributed by atoms with Crippen molar-refractivity contribution in [1.29, 1.82) is 0 Å². The zero-order valence-electron chi connectivity index (χ0n) is 12.9. The standard InChI is InChI=1S/C19H22BrNO/c1-2-3-6-11-21-13-17(15-7-4-5-8-18(15)21)16-12-14(20)9-10-19(16)22/h4-5,7-10,12,17,22H,2-3,6,11,13H2,1H3. The number of fused-ring (bicyclic) bond motifs is 1. The molecule has 0 spiro atoms. The van der Waals surface area contributed by atoms with E-state index in [1.54, 1.807) is 6.07 Å². The summed E-state index contributed by atoms with van der Waals surface area (Å²) < 4.78 is 1.02.